The number of aliphatic hydroxyl groups excluding tert-OH is 4. The minimum atomic E-state index is -1.54. The van der Waals surface area contributed by atoms with E-state index in [2.05, 4.69) is 62.5 Å². The van der Waals surface area contributed by atoms with Crippen molar-refractivity contribution in [3.05, 3.63) is 48.6 Å². The molecule has 0 aromatic carbocycles. The molecule has 0 aliphatic carbocycles. The maximum atomic E-state index is 12.7. The van der Waals surface area contributed by atoms with Crippen molar-refractivity contribution in [1.82, 2.24) is 0 Å². The van der Waals surface area contributed by atoms with E-state index in [9.17, 15) is 25.2 Å². The summed E-state index contributed by atoms with van der Waals surface area (Å²) in [5.41, 5.74) is 0. The summed E-state index contributed by atoms with van der Waals surface area (Å²) in [6.45, 7) is 4.40. The number of allylic oxidation sites excluding steroid dienone is 8. The summed E-state index contributed by atoms with van der Waals surface area (Å²) in [4.78, 5) is 12.7. The van der Waals surface area contributed by atoms with Crippen molar-refractivity contribution >= 4 is 5.97 Å². The molecule has 0 radical (unpaired) electrons. The predicted octanol–water partition coefficient (Wildman–Crippen LogP) is 9.36. The first-order valence-electron chi connectivity index (χ1n) is 21.7. The second-order valence-corrected chi connectivity index (χ2v) is 14.8. The number of hydrogen-bond donors (Lipinski definition) is 4. The number of unbranched alkanes of at least 4 members (excludes halogenated alkanes) is 17. The van der Waals surface area contributed by atoms with Gasteiger partial charge in [-0.05, 0) is 70.6 Å². The van der Waals surface area contributed by atoms with Gasteiger partial charge in [0, 0.05) is 13.0 Å². The minimum Gasteiger partial charge on any atom is -0.457 e. The van der Waals surface area contributed by atoms with Gasteiger partial charge in [0.25, 0.3) is 0 Å². The summed E-state index contributed by atoms with van der Waals surface area (Å²) in [5, 5.41) is 40.1. The smallest absolute Gasteiger partial charge is 0.306 e. The van der Waals surface area contributed by atoms with E-state index in [0.717, 1.165) is 77.0 Å². The van der Waals surface area contributed by atoms with Crippen molar-refractivity contribution in [1.29, 1.82) is 0 Å². The number of esters is 1. The zero-order valence-electron chi connectivity index (χ0n) is 34.2. The lowest BCUT2D eigenvalue weighted by Crippen LogP contribution is -2.59. The van der Waals surface area contributed by atoms with Crippen molar-refractivity contribution in [2.24, 2.45) is 0 Å². The normalized spacial score (nSPS) is 21.3. The number of carbonyl (C=O) groups is 1. The molecule has 9 heteroatoms. The Balaban J connectivity index is 2.30. The molecule has 0 spiro atoms. The fraction of sp³-hybridized carbons (Fsp3) is 0.800. The zero-order chi connectivity index (χ0) is 39.3. The second kappa shape index (κ2) is 36.8. The van der Waals surface area contributed by atoms with Gasteiger partial charge in [0.1, 0.15) is 30.5 Å². The molecule has 6 unspecified atom stereocenters. The molecule has 314 valence electrons. The molecule has 54 heavy (non-hydrogen) atoms. The summed E-state index contributed by atoms with van der Waals surface area (Å²) in [7, 11) is 0. The molecule has 0 bridgehead atoms. The molecule has 1 aliphatic rings. The quantitative estimate of drug-likeness (QED) is 0.0280. The number of ether oxygens (including phenoxy) is 4. The zero-order valence-corrected chi connectivity index (χ0v) is 34.2. The highest BCUT2D eigenvalue weighted by molar-refractivity contribution is 5.69. The fourth-order valence-electron chi connectivity index (χ4n) is 6.32. The fourth-order valence-corrected chi connectivity index (χ4v) is 6.32. The highest BCUT2D eigenvalue weighted by atomic mass is 16.7. The van der Waals surface area contributed by atoms with Crippen molar-refractivity contribution < 1.29 is 44.2 Å². The largest absolute Gasteiger partial charge is 0.457 e. The lowest BCUT2D eigenvalue weighted by atomic mass is 9.99. The highest BCUT2D eigenvalue weighted by Crippen LogP contribution is 2.22. The van der Waals surface area contributed by atoms with Crippen LogP contribution in [0.4, 0.5) is 0 Å². The van der Waals surface area contributed by atoms with Crippen LogP contribution < -0.4 is 0 Å². The van der Waals surface area contributed by atoms with Gasteiger partial charge in [0.15, 0.2) is 6.29 Å². The second-order valence-electron chi connectivity index (χ2n) is 14.8. The van der Waals surface area contributed by atoms with Crippen molar-refractivity contribution in [3.63, 3.8) is 0 Å². The third-order valence-electron chi connectivity index (χ3n) is 9.73. The summed E-state index contributed by atoms with van der Waals surface area (Å²) in [5.74, 6) is -0.334. The summed E-state index contributed by atoms with van der Waals surface area (Å²) in [6, 6.07) is 0. The van der Waals surface area contributed by atoms with Crippen LogP contribution in [0, 0.1) is 0 Å². The van der Waals surface area contributed by atoms with E-state index >= 15 is 0 Å². The van der Waals surface area contributed by atoms with E-state index in [1.807, 2.05) is 0 Å². The third kappa shape index (κ3) is 27.7. The molecule has 0 aromatic rings. The van der Waals surface area contributed by atoms with Crippen LogP contribution >= 0.6 is 0 Å². The molecule has 1 aliphatic heterocycles. The first kappa shape index (κ1) is 50.2. The van der Waals surface area contributed by atoms with Gasteiger partial charge >= 0.3 is 5.97 Å². The Kier molecular flexibility index (Phi) is 34.2. The molecule has 1 heterocycles. The molecular formula is C45H80O9. The van der Waals surface area contributed by atoms with E-state index < -0.39 is 43.4 Å². The Morgan fingerprint density at radius 3 is 1.72 bits per heavy atom. The van der Waals surface area contributed by atoms with Crippen molar-refractivity contribution in [2.45, 2.75) is 205 Å². The molecule has 0 amide bonds. The number of rotatable bonds is 36. The van der Waals surface area contributed by atoms with Crippen LogP contribution in [0.5, 0.6) is 0 Å². The van der Waals surface area contributed by atoms with E-state index in [1.54, 1.807) is 0 Å². The predicted molar refractivity (Wildman–Crippen MR) is 219 cm³/mol. The SMILES string of the molecule is CC/C=C\C/C=C\C/C=C\CCCCCCCC(=O)OC(COCCCCCCCC/C=C\CCCCCCCC)COC1OC(CO)C(O)C(O)C1O. The number of aliphatic hydroxyl groups is 4. The van der Waals surface area contributed by atoms with Gasteiger partial charge in [-0.2, -0.15) is 0 Å². The van der Waals surface area contributed by atoms with Crippen LogP contribution in [0.25, 0.3) is 0 Å². The maximum absolute atomic E-state index is 12.7. The summed E-state index contributed by atoms with van der Waals surface area (Å²) >= 11 is 0. The first-order chi connectivity index (χ1) is 26.4. The van der Waals surface area contributed by atoms with Gasteiger partial charge in [-0.3, -0.25) is 4.79 Å². The standard InChI is InChI=1S/C45H80O9/c1-3-5-7-9-11-13-15-17-19-21-23-25-27-29-31-33-35-51-37-39(38-52-45-44(50)43(49)42(48)40(36-46)54-45)53-41(47)34-32-30-28-26-24-22-20-18-16-14-12-10-8-6-4-2/h6,8,12,14,17-20,39-40,42-46,48-50H,3-5,7,9-11,13,15-16,21-38H2,1-2H3/b8-6-,14-12-,19-17-,20-18-. The number of hydrogen-bond acceptors (Lipinski definition) is 9. The average molecular weight is 765 g/mol. The van der Waals surface area contributed by atoms with E-state index in [0.29, 0.717) is 13.0 Å². The molecule has 1 rings (SSSR count). The van der Waals surface area contributed by atoms with Gasteiger partial charge in [0.2, 0.25) is 0 Å². The van der Waals surface area contributed by atoms with Crippen LogP contribution in [0.3, 0.4) is 0 Å². The third-order valence-corrected chi connectivity index (χ3v) is 9.73. The molecule has 1 fully saturated rings. The highest BCUT2D eigenvalue weighted by Gasteiger charge is 2.44. The van der Waals surface area contributed by atoms with Gasteiger partial charge in [0.05, 0.1) is 19.8 Å². The van der Waals surface area contributed by atoms with Crippen molar-refractivity contribution in [2.75, 3.05) is 26.4 Å². The lowest BCUT2D eigenvalue weighted by molar-refractivity contribution is -0.305. The van der Waals surface area contributed by atoms with E-state index in [1.165, 1.54) is 70.6 Å². The van der Waals surface area contributed by atoms with Crippen LogP contribution in [-0.4, -0.2) is 89.6 Å². The molecule has 9 nitrogen and oxygen atoms in total. The molecule has 4 N–H and O–H groups in total. The minimum absolute atomic E-state index is 0.124. The Hall–Kier alpha value is -1.85. The van der Waals surface area contributed by atoms with E-state index in [-0.39, 0.29) is 19.2 Å². The summed E-state index contributed by atoms with van der Waals surface area (Å²) in [6.07, 6.45) is 37.0. The Bertz CT molecular complexity index is 963. The van der Waals surface area contributed by atoms with E-state index in [4.69, 9.17) is 18.9 Å². The van der Waals surface area contributed by atoms with Crippen molar-refractivity contribution in [3.8, 4) is 0 Å². The first-order valence-corrected chi connectivity index (χ1v) is 21.7. The average Bonchev–Trinajstić information content (AvgIpc) is 3.17. The Labute approximate surface area is 329 Å². The Morgan fingerprint density at radius 1 is 0.611 bits per heavy atom. The molecule has 6 atom stereocenters. The van der Waals surface area contributed by atoms with Gasteiger partial charge in [-0.25, -0.2) is 0 Å². The van der Waals surface area contributed by atoms with Gasteiger partial charge < -0.3 is 39.4 Å². The van der Waals surface area contributed by atoms with Crippen LogP contribution in [0.2, 0.25) is 0 Å². The van der Waals surface area contributed by atoms with Gasteiger partial charge in [-0.15, -0.1) is 0 Å². The maximum Gasteiger partial charge on any atom is 0.306 e. The summed E-state index contributed by atoms with van der Waals surface area (Å²) < 4.78 is 22.8. The van der Waals surface area contributed by atoms with Crippen LogP contribution in [-0.2, 0) is 23.7 Å². The number of carbonyl (C=O) groups excluding carboxylic acids is 1. The molecule has 0 aromatic heterocycles. The Morgan fingerprint density at radius 2 is 1.13 bits per heavy atom. The monoisotopic (exact) mass is 765 g/mol. The molecule has 0 saturated carbocycles. The van der Waals surface area contributed by atoms with Crippen LogP contribution in [0.1, 0.15) is 168 Å². The van der Waals surface area contributed by atoms with Gasteiger partial charge in [-0.1, -0.05) is 140 Å². The topological polar surface area (TPSA) is 135 Å². The lowest BCUT2D eigenvalue weighted by Gasteiger charge is -2.39. The van der Waals surface area contributed by atoms with Crippen LogP contribution in [0.15, 0.2) is 48.6 Å². The molecule has 1 saturated heterocycles. The molecular weight excluding hydrogens is 684 g/mol.